The zero-order valence-corrected chi connectivity index (χ0v) is 20.0. The molecule has 0 spiro atoms. The number of fused-ring (bicyclic) bond motifs is 1. The minimum Gasteiger partial charge on any atom is -0.357 e. The molecule has 5 rings (SSSR count). The number of nitrogens with zero attached hydrogens (tertiary/aromatic N) is 2. The van der Waals surface area contributed by atoms with Gasteiger partial charge >= 0.3 is 0 Å². The second-order valence-corrected chi connectivity index (χ2v) is 10.1. The molecule has 2 aromatic heterocycles. The number of nitrogens with one attached hydrogen (secondary N) is 1. The Bertz CT molecular complexity index is 1250. The highest BCUT2D eigenvalue weighted by atomic mass is 32.1. The van der Waals surface area contributed by atoms with Gasteiger partial charge in [-0.05, 0) is 66.8 Å². The van der Waals surface area contributed by atoms with E-state index in [0.29, 0.717) is 0 Å². The Kier molecular flexibility index (Phi) is 6.14. The van der Waals surface area contributed by atoms with Crippen LogP contribution in [0.2, 0.25) is 0 Å². The fraction of sp³-hybridized carbons (Fsp3) is 0.286. The first-order chi connectivity index (χ1) is 16.1. The third-order valence-electron chi connectivity index (χ3n) is 6.52. The van der Waals surface area contributed by atoms with Crippen molar-refractivity contribution in [2.75, 3.05) is 23.3 Å². The van der Waals surface area contributed by atoms with Crippen molar-refractivity contribution in [2.45, 2.75) is 33.1 Å². The summed E-state index contributed by atoms with van der Waals surface area (Å²) in [6, 6.07) is 20.8. The molecule has 0 saturated carbocycles. The molecule has 4 aromatic rings. The number of carbonyl (C=O) groups is 1. The van der Waals surface area contributed by atoms with Gasteiger partial charge in [-0.3, -0.25) is 4.79 Å². The molecule has 1 fully saturated rings. The van der Waals surface area contributed by atoms with Crippen LogP contribution in [-0.4, -0.2) is 24.0 Å². The van der Waals surface area contributed by atoms with Crippen LogP contribution >= 0.6 is 11.3 Å². The van der Waals surface area contributed by atoms with Gasteiger partial charge in [0.05, 0.1) is 16.8 Å². The number of carbonyl (C=O) groups excluding carboxylic acids is 1. The number of hydrogen-bond donors (Lipinski definition) is 1. The molecule has 33 heavy (non-hydrogen) atoms. The van der Waals surface area contributed by atoms with E-state index >= 15 is 0 Å². The lowest BCUT2D eigenvalue weighted by atomic mass is 9.99. The third kappa shape index (κ3) is 4.79. The van der Waals surface area contributed by atoms with E-state index in [0.717, 1.165) is 57.5 Å². The number of aryl methyl sites for hydroxylation is 1. The van der Waals surface area contributed by atoms with E-state index in [9.17, 15) is 4.79 Å². The summed E-state index contributed by atoms with van der Waals surface area (Å²) >= 11 is 1.56. The molecular weight excluding hydrogens is 426 g/mol. The summed E-state index contributed by atoms with van der Waals surface area (Å²) in [6.45, 7) is 6.49. The van der Waals surface area contributed by atoms with Crippen LogP contribution < -0.4 is 10.2 Å². The number of piperidine rings is 1. The first kappa shape index (κ1) is 21.7. The maximum Gasteiger partial charge on any atom is 0.266 e. The Morgan fingerprint density at radius 3 is 2.55 bits per heavy atom. The average molecular weight is 456 g/mol. The largest absolute Gasteiger partial charge is 0.357 e. The van der Waals surface area contributed by atoms with Gasteiger partial charge in [0.15, 0.2) is 0 Å². The Balaban J connectivity index is 1.37. The van der Waals surface area contributed by atoms with Gasteiger partial charge in [0.25, 0.3) is 5.91 Å². The van der Waals surface area contributed by atoms with Gasteiger partial charge in [0.2, 0.25) is 0 Å². The zero-order valence-electron chi connectivity index (χ0n) is 19.2. The molecule has 1 N–H and O–H groups in total. The van der Waals surface area contributed by atoms with Gasteiger partial charge in [-0.1, -0.05) is 55.0 Å². The molecule has 0 unspecified atom stereocenters. The maximum absolute atomic E-state index is 13.3. The van der Waals surface area contributed by atoms with Crippen LogP contribution in [0.4, 0.5) is 11.5 Å². The molecule has 168 valence electrons. The normalized spacial score (nSPS) is 14.5. The summed E-state index contributed by atoms with van der Waals surface area (Å²) in [6.07, 6.45) is 4.92. The fourth-order valence-electron chi connectivity index (χ4n) is 4.44. The number of pyridine rings is 1. The standard InChI is InChI=1S/C28H29N3OS/c1-19-7-9-21(10-8-19)17-24-23-5-3-4-6-25(23)33-27(24)28(32)30-22-11-12-26(29-18-22)31-15-13-20(2)14-16-31/h3-12,18,20H,13-17H2,1-2H3,(H,30,32). The van der Waals surface area contributed by atoms with E-state index in [1.165, 1.54) is 24.0 Å². The number of amides is 1. The van der Waals surface area contributed by atoms with Gasteiger partial charge in [-0.15, -0.1) is 11.3 Å². The van der Waals surface area contributed by atoms with E-state index < -0.39 is 0 Å². The molecule has 0 atom stereocenters. The number of anilines is 2. The van der Waals surface area contributed by atoms with E-state index in [1.54, 1.807) is 17.5 Å². The van der Waals surface area contributed by atoms with Crippen molar-refractivity contribution in [2.24, 2.45) is 5.92 Å². The number of rotatable bonds is 5. The van der Waals surface area contributed by atoms with E-state index in [4.69, 9.17) is 0 Å². The van der Waals surface area contributed by atoms with Crippen molar-refractivity contribution >= 4 is 38.8 Å². The number of benzene rings is 2. The number of aromatic nitrogens is 1. The predicted octanol–water partition coefficient (Wildman–Crippen LogP) is 6.68. The van der Waals surface area contributed by atoms with E-state index in [1.807, 2.05) is 24.3 Å². The Morgan fingerprint density at radius 1 is 1.06 bits per heavy atom. The molecule has 3 heterocycles. The van der Waals surface area contributed by atoms with Crippen LogP contribution in [0.25, 0.3) is 10.1 Å². The average Bonchev–Trinajstić information content (AvgIpc) is 3.20. The van der Waals surface area contributed by atoms with E-state index in [2.05, 4.69) is 65.4 Å². The summed E-state index contributed by atoms with van der Waals surface area (Å²) < 4.78 is 1.14. The zero-order chi connectivity index (χ0) is 22.8. The molecule has 5 heteroatoms. The molecule has 4 nitrogen and oxygen atoms in total. The highest BCUT2D eigenvalue weighted by Gasteiger charge is 2.20. The molecular formula is C28H29N3OS. The van der Waals surface area contributed by atoms with Crippen molar-refractivity contribution in [3.63, 3.8) is 0 Å². The highest BCUT2D eigenvalue weighted by molar-refractivity contribution is 7.21. The van der Waals surface area contributed by atoms with Crippen molar-refractivity contribution in [1.29, 1.82) is 0 Å². The summed E-state index contributed by atoms with van der Waals surface area (Å²) in [4.78, 5) is 21.1. The first-order valence-corrected chi connectivity index (χ1v) is 12.5. The Hall–Kier alpha value is -3.18. The Morgan fingerprint density at radius 2 is 1.82 bits per heavy atom. The van der Waals surface area contributed by atoms with E-state index in [-0.39, 0.29) is 5.91 Å². The lowest BCUT2D eigenvalue weighted by Gasteiger charge is -2.31. The third-order valence-corrected chi connectivity index (χ3v) is 7.73. The summed E-state index contributed by atoms with van der Waals surface area (Å²) in [5.41, 5.74) is 4.26. The molecule has 0 aliphatic carbocycles. The number of hydrogen-bond acceptors (Lipinski definition) is 4. The van der Waals surface area contributed by atoms with Gasteiger partial charge in [0, 0.05) is 17.8 Å². The SMILES string of the molecule is Cc1ccc(Cc2c(C(=O)Nc3ccc(N4CCC(C)CC4)nc3)sc3ccccc23)cc1. The van der Waals surface area contributed by atoms with Crippen LogP contribution in [0, 0.1) is 12.8 Å². The lowest BCUT2D eigenvalue weighted by Crippen LogP contribution is -2.33. The fourth-order valence-corrected chi connectivity index (χ4v) is 5.56. The lowest BCUT2D eigenvalue weighted by molar-refractivity contribution is 0.103. The predicted molar refractivity (Wildman–Crippen MR) is 139 cm³/mol. The minimum atomic E-state index is -0.0698. The van der Waals surface area contributed by atoms with Crippen molar-refractivity contribution in [3.05, 3.63) is 88.4 Å². The van der Waals surface area contributed by atoms with Crippen LogP contribution in [0.15, 0.2) is 66.9 Å². The van der Waals surface area contributed by atoms with Gasteiger partial charge in [-0.2, -0.15) is 0 Å². The van der Waals surface area contributed by atoms with Crippen LogP contribution in [0.1, 0.15) is 46.1 Å². The summed E-state index contributed by atoms with van der Waals surface area (Å²) in [5.74, 6) is 1.71. The molecule has 1 aliphatic heterocycles. The van der Waals surface area contributed by atoms with Gasteiger partial charge < -0.3 is 10.2 Å². The first-order valence-electron chi connectivity index (χ1n) is 11.6. The Labute approximate surface area is 199 Å². The quantitative estimate of drug-likeness (QED) is 0.365. The highest BCUT2D eigenvalue weighted by Crippen LogP contribution is 2.34. The van der Waals surface area contributed by atoms with Gasteiger partial charge in [0.1, 0.15) is 5.82 Å². The molecule has 1 aliphatic rings. The second kappa shape index (κ2) is 9.36. The van der Waals surface area contributed by atoms with Crippen molar-refractivity contribution in [3.8, 4) is 0 Å². The topological polar surface area (TPSA) is 45.2 Å². The van der Waals surface area contributed by atoms with Crippen LogP contribution in [0.5, 0.6) is 0 Å². The molecule has 0 radical (unpaired) electrons. The van der Waals surface area contributed by atoms with Crippen LogP contribution in [0.3, 0.4) is 0 Å². The summed E-state index contributed by atoms with van der Waals surface area (Å²) in [5, 5.41) is 4.24. The van der Waals surface area contributed by atoms with Crippen LogP contribution in [-0.2, 0) is 6.42 Å². The molecule has 2 aromatic carbocycles. The number of thiophene rings is 1. The monoisotopic (exact) mass is 455 g/mol. The second-order valence-electron chi connectivity index (χ2n) is 9.10. The maximum atomic E-state index is 13.3. The molecule has 0 bridgehead atoms. The van der Waals surface area contributed by atoms with Crippen molar-refractivity contribution < 1.29 is 4.79 Å². The van der Waals surface area contributed by atoms with Crippen molar-refractivity contribution in [1.82, 2.24) is 4.98 Å². The smallest absolute Gasteiger partial charge is 0.266 e. The van der Waals surface area contributed by atoms with Gasteiger partial charge in [-0.25, -0.2) is 4.98 Å². The minimum absolute atomic E-state index is 0.0698. The molecule has 1 amide bonds. The molecule has 1 saturated heterocycles. The summed E-state index contributed by atoms with van der Waals surface area (Å²) in [7, 11) is 0.